The topological polar surface area (TPSA) is 9.23 Å². The molecule has 0 aromatic heterocycles. The quantitative estimate of drug-likeness (QED) is 0.700. The average molecular weight is 370 g/mol. The van der Waals surface area contributed by atoms with E-state index in [4.69, 9.17) is 4.74 Å². The highest BCUT2D eigenvalue weighted by atomic mass is 127. The van der Waals surface area contributed by atoms with E-state index in [0.29, 0.717) is 0 Å². The molecular weight excluding hydrogens is 355 g/mol. The number of aryl methyl sites for hydroxylation is 1. The van der Waals surface area contributed by atoms with Crippen molar-refractivity contribution in [2.75, 3.05) is 7.11 Å². The van der Waals surface area contributed by atoms with Crippen LogP contribution in [0.25, 0.3) is 0 Å². The van der Waals surface area contributed by atoms with E-state index < -0.39 is 0 Å². The molecule has 0 bridgehead atoms. The van der Waals surface area contributed by atoms with E-state index in [1.807, 2.05) is 0 Å². The van der Waals surface area contributed by atoms with Gasteiger partial charge in [-0.05, 0) is 71.0 Å². The van der Waals surface area contributed by atoms with Gasteiger partial charge in [0.1, 0.15) is 5.75 Å². The number of halogens is 1. The molecule has 3 heteroatoms. The van der Waals surface area contributed by atoms with Crippen LogP contribution < -0.4 is 4.74 Å². The van der Waals surface area contributed by atoms with Gasteiger partial charge in [-0.15, -0.1) is 0 Å². The van der Waals surface area contributed by atoms with Gasteiger partial charge >= 0.3 is 0 Å². The highest BCUT2D eigenvalue weighted by Gasteiger charge is 2.04. The van der Waals surface area contributed by atoms with Gasteiger partial charge in [-0.3, -0.25) is 0 Å². The molecular formula is C15H15IOS. The van der Waals surface area contributed by atoms with Crippen LogP contribution in [0.3, 0.4) is 0 Å². The normalized spacial score (nSPS) is 10.4. The summed E-state index contributed by atoms with van der Waals surface area (Å²) in [4.78, 5) is 2.46. The molecule has 0 spiro atoms. The molecule has 2 rings (SSSR count). The van der Waals surface area contributed by atoms with Crippen molar-refractivity contribution in [3.8, 4) is 5.75 Å². The molecule has 18 heavy (non-hydrogen) atoms. The number of benzene rings is 2. The standard InChI is InChI=1S/C15H15IOS/c1-3-11-4-7-14(10-15(11)17-2)18-13-8-5-12(16)6-9-13/h4-10H,3H2,1-2H3. The molecule has 1 nitrogen and oxygen atoms in total. The van der Waals surface area contributed by atoms with Crippen molar-refractivity contribution >= 4 is 34.4 Å². The Morgan fingerprint density at radius 3 is 2.33 bits per heavy atom. The van der Waals surface area contributed by atoms with Crippen LogP contribution in [0.2, 0.25) is 0 Å². The van der Waals surface area contributed by atoms with Gasteiger partial charge in [0.2, 0.25) is 0 Å². The first-order valence-electron chi connectivity index (χ1n) is 5.83. The Balaban J connectivity index is 2.21. The first-order valence-corrected chi connectivity index (χ1v) is 7.72. The fourth-order valence-electron chi connectivity index (χ4n) is 1.72. The monoisotopic (exact) mass is 370 g/mol. The Bertz CT molecular complexity index is 523. The second kappa shape index (κ2) is 6.48. The zero-order valence-corrected chi connectivity index (χ0v) is 13.4. The van der Waals surface area contributed by atoms with Gasteiger partial charge < -0.3 is 4.74 Å². The summed E-state index contributed by atoms with van der Waals surface area (Å²) in [5, 5.41) is 0. The molecule has 0 saturated carbocycles. The maximum atomic E-state index is 5.42. The first-order chi connectivity index (χ1) is 8.72. The minimum absolute atomic E-state index is 0.980. The van der Waals surface area contributed by atoms with E-state index in [-0.39, 0.29) is 0 Å². The van der Waals surface area contributed by atoms with Crippen molar-refractivity contribution in [1.29, 1.82) is 0 Å². The lowest BCUT2D eigenvalue weighted by molar-refractivity contribution is 0.409. The summed E-state index contributed by atoms with van der Waals surface area (Å²) in [5.41, 5.74) is 1.25. The average Bonchev–Trinajstić information content (AvgIpc) is 2.41. The molecule has 2 aromatic carbocycles. The van der Waals surface area contributed by atoms with Crippen LogP contribution in [0.15, 0.2) is 52.3 Å². The summed E-state index contributed by atoms with van der Waals surface area (Å²) in [5.74, 6) is 0.980. The SMILES string of the molecule is CCc1ccc(Sc2ccc(I)cc2)cc1OC. The van der Waals surface area contributed by atoms with Crippen LogP contribution in [0.1, 0.15) is 12.5 Å². The maximum absolute atomic E-state index is 5.42. The summed E-state index contributed by atoms with van der Waals surface area (Å²) in [6, 6.07) is 15.0. The van der Waals surface area contributed by atoms with Gasteiger partial charge in [-0.25, -0.2) is 0 Å². The first kappa shape index (κ1) is 13.7. The molecule has 0 unspecified atom stereocenters. The van der Waals surface area contributed by atoms with Gasteiger partial charge in [0, 0.05) is 13.4 Å². The Labute approximate surface area is 126 Å². The van der Waals surface area contributed by atoms with Gasteiger partial charge in [0.05, 0.1) is 7.11 Å². The van der Waals surface area contributed by atoms with E-state index in [2.05, 4.69) is 72.0 Å². The second-order valence-corrected chi connectivity index (χ2v) is 6.28. The minimum atomic E-state index is 0.980. The Morgan fingerprint density at radius 1 is 1.06 bits per heavy atom. The van der Waals surface area contributed by atoms with Crippen molar-refractivity contribution in [3.05, 3.63) is 51.6 Å². The fourth-order valence-corrected chi connectivity index (χ4v) is 2.93. The van der Waals surface area contributed by atoms with Crippen LogP contribution in [0.5, 0.6) is 5.75 Å². The third-order valence-corrected chi connectivity index (χ3v) is 4.41. The van der Waals surface area contributed by atoms with Gasteiger partial charge in [-0.2, -0.15) is 0 Å². The highest BCUT2D eigenvalue weighted by molar-refractivity contribution is 14.1. The summed E-state index contributed by atoms with van der Waals surface area (Å²) in [7, 11) is 1.73. The molecule has 2 aromatic rings. The molecule has 94 valence electrons. The summed E-state index contributed by atoms with van der Waals surface area (Å²) in [6.45, 7) is 2.14. The largest absolute Gasteiger partial charge is 0.496 e. The van der Waals surface area contributed by atoms with E-state index in [1.54, 1.807) is 18.9 Å². The highest BCUT2D eigenvalue weighted by Crippen LogP contribution is 2.32. The van der Waals surface area contributed by atoms with E-state index in [9.17, 15) is 0 Å². The maximum Gasteiger partial charge on any atom is 0.123 e. The van der Waals surface area contributed by atoms with Crippen LogP contribution in [0.4, 0.5) is 0 Å². The molecule has 0 aliphatic rings. The minimum Gasteiger partial charge on any atom is -0.496 e. The Hall–Kier alpha value is -0.680. The van der Waals surface area contributed by atoms with Gasteiger partial charge in [0.15, 0.2) is 0 Å². The summed E-state index contributed by atoms with van der Waals surface area (Å²) in [6.07, 6.45) is 0.998. The summed E-state index contributed by atoms with van der Waals surface area (Å²) < 4.78 is 6.68. The molecule has 0 aliphatic heterocycles. The lowest BCUT2D eigenvalue weighted by Gasteiger charge is -2.09. The Kier molecular flexibility index (Phi) is 4.95. The number of ether oxygens (including phenoxy) is 1. The number of rotatable bonds is 4. The molecule has 0 amide bonds. The Morgan fingerprint density at radius 2 is 1.72 bits per heavy atom. The van der Waals surface area contributed by atoms with Crippen LogP contribution in [-0.4, -0.2) is 7.11 Å². The number of hydrogen-bond donors (Lipinski definition) is 0. The lowest BCUT2D eigenvalue weighted by Crippen LogP contribution is -1.90. The van der Waals surface area contributed by atoms with Crippen LogP contribution in [-0.2, 0) is 6.42 Å². The smallest absolute Gasteiger partial charge is 0.123 e. The van der Waals surface area contributed by atoms with Crippen molar-refractivity contribution in [2.24, 2.45) is 0 Å². The van der Waals surface area contributed by atoms with Gasteiger partial charge in [0.25, 0.3) is 0 Å². The third kappa shape index (κ3) is 3.42. The number of hydrogen-bond acceptors (Lipinski definition) is 2. The van der Waals surface area contributed by atoms with Crippen molar-refractivity contribution in [3.63, 3.8) is 0 Å². The zero-order chi connectivity index (χ0) is 13.0. The van der Waals surface area contributed by atoms with Crippen molar-refractivity contribution < 1.29 is 4.74 Å². The predicted molar refractivity (Wildman–Crippen MR) is 85.7 cm³/mol. The van der Waals surface area contributed by atoms with E-state index >= 15 is 0 Å². The lowest BCUT2D eigenvalue weighted by atomic mass is 10.1. The summed E-state index contributed by atoms with van der Waals surface area (Å²) >= 11 is 4.08. The van der Waals surface area contributed by atoms with Crippen molar-refractivity contribution in [2.45, 2.75) is 23.1 Å². The van der Waals surface area contributed by atoms with Crippen LogP contribution >= 0.6 is 34.4 Å². The molecule has 0 aliphatic carbocycles. The second-order valence-electron chi connectivity index (χ2n) is 3.88. The molecule has 0 fully saturated rings. The molecule has 0 saturated heterocycles. The van der Waals surface area contributed by atoms with Crippen LogP contribution in [0, 0.1) is 3.57 Å². The molecule has 0 atom stereocenters. The molecule has 0 heterocycles. The molecule has 0 radical (unpaired) electrons. The fraction of sp³-hybridized carbons (Fsp3) is 0.200. The predicted octanol–water partition coefficient (Wildman–Crippen LogP) is 5.01. The van der Waals surface area contributed by atoms with E-state index in [0.717, 1.165) is 12.2 Å². The zero-order valence-electron chi connectivity index (χ0n) is 10.4. The molecule has 0 N–H and O–H groups in total. The van der Waals surface area contributed by atoms with E-state index in [1.165, 1.54) is 18.9 Å². The van der Waals surface area contributed by atoms with Gasteiger partial charge in [-0.1, -0.05) is 24.8 Å². The van der Waals surface area contributed by atoms with Crippen molar-refractivity contribution in [1.82, 2.24) is 0 Å². The third-order valence-electron chi connectivity index (χ3n) is 2.69. The number of methoxy groups -OCH3 is 1.